The summed E-state index contributed by atoms with van der Waals surface area (Å²) in [6, 6.07) is 7.94. The van der Waals surface area contributed by atoms with Crippen LogP contribution in [0.5, 0.6) is 0 Å². The lowest BCUT2D eigenvalue weighted by atomic mass is 9.92. The van der Waals surface area contributed by atoms with Gasteiger partial charge >= 0.3 is 0 Å². The summed E-state index contributed by atoms with van der Waals surface area (Å²) in [7, 11) is 0. The number of nitrogen functional groups attached to an aromatic ring is 1. The van der Waals surface area contributed by atoms with E-state index in [1.165, 1.54) is 0 Å². The van der Waals surface area contributed by atoms with Gasteiger partial charge in [-0.2, -0.15) is 5.26 Å². The zero-order chi connectivity index (χ0) is 14.1. The van der Waals surface area contributed by atoms with Crippen molar-refractivity contribution in [1.29, 1.82) is 5.26 Å². The standard InChI is InChI=1S/C15H18N4O/c1-10(12-4-6-20-7-5-12)19-14-8-11(9-16)2-3-13(14)18-15(19)17/h2-3,8,10,12H,4-7H2,1H3,(H2,17,18). The highest BCUT2D eigenvalue weighted by Gasteiger charge is 2.24. The maximum absolute atomic E-state index is 9.05. The monoisotopic (exact) mass is 270 g/mol. The van der Waals surface area contributed by atoms with Gasteiger partial charge in [-0.05, 0) is 43.9 Å². The predicted octanol–water partition coefficient (Wildman–Crippen LogP) is 2.48. The van der Waals surface area contributed by atoms with E-state index in [1.54, 1.807) is 6.07 Å². The van der Waals surface area contributed by atoms with E-state index in [1.807, 2.05) is 12.1 Å². The topological polar surface area (TPSA) is 76.9 Å². The first-order chi connectivity index (χ1) is 9.70. The Labute approximate surface area is 118 Å². The van der Waals surface area contributed by atoms with Gasteiger partial charge in [-0.3, -0.25) is 0 Å². The van der Waals surface area contributed by atoms with Crippen LogP contribution in [0, 0.1) is 17.2 Å². The van der Waals surface area contributed by atoms with E-state index in [-0.39, 0.29) is 6.04 Å². The van der Waals surface area contributed by atoms with Crippen LogP contribution in [0.15, 0.2) is 18.2 Å². The molecule has 0 amide bonds. The number of ether oxygens (including phenoxy) is 1. The molecule has 1 aliphatic rings. The molecule has 5 heteroatoms. The zero-order valence-electron chi connectivity index (χ0n) is 11.5. The lowest BCUT2D eigenvalue weighted by Gasteiger charge is -2.29. The van der Waals surface area contributed by atoms with E-state index in [0.29, 0.717) is 17.4 Å². The number of hydrogen-bond acceptors (Lipinski definition) is 4. The molecule has 20 heavy (non-hydrogen) atoms. The first kappa shape index (κ1) is 12.9. The summed E-state index contributed by atoms with van der Waals surface area (Å²) < 4.78 is 7.48. The average Bonchev–Trinajstić information content (AvgIpc) is 2.82. The Morgan fingerprint density at radius 2 is 2.20 bits per heavy atom. The largest absolute Gasteiger partial charge is 0.381 e. The molecule has 2 N–H and O–H groups in total. The Morgan fingerprint density at radius 1 is 1.45 bits per heavy atom. The number of fused-ring (bicyclic) bond motifs is 1. The Morgan fingerprint density at radius 3 is 2.90 bits per heavy atom. The predicted molar refractivity (Wildman–Crippen MR) is 77.1 cm³/mol. The summed E-state index contributed by atoms with van der Waals surface area (Å²) in [5, 5.41) is 9.05. The normalized spacial score (nSPS) is 18.0. The molecule has 1 atom stereocenters. The number of nitrogens with zero attached hydrogens (tertiary/aromatic N) is 3. The van der Waals surface area contributed by atoms with E-state index in [9.17, 15) is 0 Å². The zero-order valence-corrected chi connectivity index (χ0v) is 11.5. The van der Waals surface area contributed by atoms with E-state index in [0.717, 1.165) is 37.1 Å². The van der Waals surface area contributed by atoms with Crippen molar-refractivity contribution in [1.82, 2.24) is 9.55 Å². The molecule has 1 aromatic heterocycles. The van der Waals surface area contributed by atoms with Crippen LogP contribution in [0.4, 0.5) is 5.95 Å². The molecule has 0 radical (unpaired) electrons. The summed E-state index contributed by atoms with van der Waals surface area (Å²) in [6.07, 6.45) is 2.08. The van der Waals surface area contributed by atoms with Crippen molar-refractivity contribution < 1.29 is 4.74 Å². The van der Waals surface area contributed by atoms with Crippen molar-refractivity contribution in [3.63, 3.8) is 0 Å². The molecule has 1 aliphatic heterocycles. The molecule has 1 aromatic carbocycles. The molecular weight excluding hydrogens is 252 g/mol. The molecule has 1 saturated heterocycles. The second-order valence-corrected chi connectivity index (χ2v) is 5.35. The van der Waals surface area contributed by atoms with Crippen LogP contribution in [-0.4, -0.2) is 22.8 Å². The fourth-order valence-corrected chi connectivity index (χ4v) is 3.02. The van der Waals surface area contributed by atoms with Gasteiger partial charge in [0.1, 0.15) is 0 Å². The van der Waals surface area contributed by atoms with E-state index in [4.69, 9.17) is 15.7 Å². The Bertz CT molecular complexity index is 664. The van der Waals surface area contributed by atoms with Crippen LogP contribution < -0.4 is 5.73 Å². The van der Waals surface area contributed by atoms with Gasteiger partial charge < -0.3 is 15.0 Å². The summed E-state index contributed by atoms with van der Waals surface area (Å²) in [5.41, 5.74) is 8.52. The highest BCUT2D eigenvalue weighted by molar-refractivity contribution is 5.80. The SMILES string of the molecule is CC(C1CCOCC1)n1c(N)nc2ccc(C#N)cc21. The molecule has 104 valence electrons. The van der Waals surface area contributed by atoms with Gasteiger partial charge in [-0.25, -0.2) is 4.98 Å². The van der Waals surface area contributed by atoms with E-state index >= 15 is 0 Å². The molecule has 1 unspecified atom stereocenters. The Kier molecular flexibility index (Phi) is 3.33. The molecule has 2 aromatic rings. The molecule has 0 spiro atoms. The van der Waals surface area contributed by atoms with Crippen molar-refractivity contribution in [2.45, 2.75) is 25.8 Å². The smallest absolute Gasteiger partial charge is 0.201 e. The molecule has 0 bridgehead atoms. The first-order valence-electron chi connectivity index (χ1n) is 6.96. The van der Waals surface area contributed by atoms with Gasteiger partial charge in [-0.1, -0.05) is 0 Å². The first-order valence-corrected chi connectivity index (χ1v) is 6.96. The maximum Gasteiger partial charge on any atom is 0.201 e. The minimum Gasteiger partial charge on any atom is -0.381 e. The fraction of sp³-hybridized carbons (Fsp3) is 0.467. The van der Waals surface area contributed by atoms with Gasteiger partial charge in [0, 0.05) is 19.3 Å². The molecule has 1 fully saturated rings. The quantitative estimate of drug-likeness (QED) is 0.909. The third-order valence-electron chi connectivity index (χ3n) is 4.20. The van der Waals surface area contributed by atoms with Gasteiger partial charge in [-0.15, -0.1) is 0 Å². The van der Waals surface area contributed by atoms with Crippen molar-refractivity contribution in [2.24, 2.45) is 5.92 Å². The number of anilines is 1. The van der Waals surface area contributed by atoms with Crippen LogP contribution in [0.2, 0.25) is 0 Å². The fourth-order valence-electron chi connectivity index (χ4n) is 3.02. The number of imidazole rings is 1. The summed E-state index contributed by atoms with van der Waals surface area (Å²) in [4.78, 5) is 4.40. The Balaban J connectivity index is 2.05. The highest BCUT2D eigenvalue weighted by atomic mass is 16.5. The number of nitrogens with two attached hydrogens (primary N) is 1. The second kappa shape index (κ2) is 5.14. The maximum atomic E-state index is 9.05. The number of aromatic nitrogens is 2. The van der Waals surface area contributed by atoms with Crippen molar-refractivity contribution >= 4 is 17.0 Å². The van der Waals surface area contributed by atoms with Crippen molar-refractivity contribution in [2.75, 3.05) is 18.9 Å². The van der Waals surface area contributed by atoms with E-state index in [2.05, 4.69) is 22.5 Å². The molecule has 0 aliphatic carbocycles. The summed E-state index contributed by atoms with van der Waals surface area (Å²) >= 11 is 0. The van der Waals surface area contributed by atoms with Crippen LogP contribution in [0.25, 0.3) is 11.0 Å². The lowest BCUT2D eigenvalue weighted by Crippen LogP contribution is -2.24. The van der Waals surface area contributed by atoms with Crippen LogP contribution in [0.3, 0.4) is 0 Å². The molecule has 3 rings (SSSR count). The van der Waals surface area contributed by atoms with Gasteiger partial charge in [0.25, 0.3) is 0 Å². The van der Waals surface area contributed by atoms with Gasteiger partial charge in [0.15, 0.2) is 0 Å². The van der Waals surface area contributed by atoms with Crippen LogP contribution in [0.1, 0.15) is 31.4 Å². The molecular formula is C15H18N4O. The molecule has 2 heterocycles. The number of benzene rings is 1. The summed E-state index contributed by atoms with van der Waals surface area (Å²) in [6.45, 7) is 3.79. The third kappa shape index (κ3) is 2.12. The van der Waals surface area contributed by atoms with Crippen molar-refractivity contribution in [3.05, 3.63) is 23.8 Å². The van der Waals surface area contributed by atoms with E-state index < -0.39 is 0 Å². The van der Waals surface area contributed by atoms with Crippen LogP contribution in [-0.2, 0) is 4.74 Å². The second-order valence-electron chi connectivity index (χ2n) is 5.35. The molecule has 5 nitrogen and oxygen atoms in total. The van der Waals surface area contributed by atoms with Gasteiger partial charge in [0.2, 0.25) is 5.95 Å². The molecule has 0 saturated carbocycles. The number of nitriles is 1. The third-order valence-corrected chi connectivity index (χ3v) is 4.20. The van der Waals surface area contributed by atoms with Crippen molar-refractivity contribution in [3.8, 4) is 6.07 Å². The minimum absolute atomic E-state index is 0.262. The summed E-state index contributed by atoms with van der Waals surface area (Å²) in [5.74, 6) is 1.06. The Hall–Kier alpha value is -2.06. The van der Waals surface area contributed by atoms with Crippen LogP contribution >= 0.6 is 0 Å². The lowest BCUT2D eigenvalue weighted by molar-refractivity contribution is 0.0521. The average molecular weight is 270 g/mol. The number of rotatable bonds is 2. The highest BCUT2D eigenvalue weighted by Crippen LogP contribution is 2.32. The number of hydrogen-bond donors (Lipinski definition) is 1. The minimum atomic E-state index is 0.262. The van der Waals surface area contributed by atoms with Gasteiger partial charge in [0.05, 0.1) is 22.7 Å².